The van der Waals surface area contributed by atoms with E-state index in [1.807, 2.05) is 36.4 Å². The molecule has 3 aromatic heterocycles. The number of ether oxygens (including phenoxy) is 1. The van der Waals surface area contributed by atoms with Crippen LogP contribution >= 0.6 is 0 Å². The maximum absolute atomic E-state index is 12.7. The second kappa shape index (κ2) is 8.16. The molecule has 0 saturated heterocycles. The molecule has 0 aliphatic heterocycles. The maximum atomic E-state index is 12.7. The standard InChI is InChI=1S/C23H22N6O2/c1-31-20(14-5-3-2-4-6-14)13-25-23(30)22-26-18-11-16-17(12-19(18)27-22)28-29-21(16)15-7-9-24-10-8-15/h2-5,7-12,14,20,28-29H,6,13H2,1H3,(H,25,30). The SMILES string of the molecule is COC(CNC(=O)c1nc2cc3[nH][nH]c(-c4ccncc4)c3cc2n1)C1C=CC=CC1. The van der Waals surface area contributed by atoms with Crippen LogP contribution in [-0.4, -0.2) is 50.8 Å². The molecule has 8 nitrogen and oxygen atoms in total. The summed E-state index contributed by atoms with van der Waals surface area (Å²) in [5, 5.41) is 10.2. The van der Waals surface area contributed by atoms with Crippen molar-refractivity contribution < 1.29 is 9.53 Å². The summed E-state index contributed by atoms with van der Waals surface area (Å²) in [6.07, 6.45) is 12.5. The lowest BCUT2D eigenvalue weighted by atomic mass is 9.94. The number of methoxy groups -OCH3 is 1. The highest BCUT2D eigenvalue weighted by molar-refractivity contribution is 6.02. The summed E-state index contributed by atoms with van der Waals surface area (Å²) >= 11 is 0. The van der Waals surface area contributed by atoms with Gasteiger partial charge in [0.2, 0.25) is 5.82 Å². The molecule has 0 radical (unpaired) electrons. The molecule has 1 aromatic carbocycles. The Morgan fingerprint density at radius 1 is 1.19 bits per heavy atom. The number of rotatable bonds is 6. The van der Waals surface area contributed by atoms with Gasteiger partial charge < -0.3 is 15.2 Å². The number of carbonyl (C=O) groups excluding carboxylic acids is 1. The molecule has 0 saturated carbocycles. The molecule has 3 N–H and O–H groups in total. The van der Waals surface area contributed by atoms with Crippen molar-refractivity contribution in [2.24, 2.45) is 5.92 Å². The largest absolute Gasteiger partial charge is 0.379 e. The number of fused-ring (bicyclic) bond motifs is 2. The molecule has 5 rings (SSSR count). The van der Waals surface area contributed by atoms with Crippen molar-refractivity contribution >= 4 is 27.8 Å². The monoisotopic (exact) mass is 414 g/mol. The lowest BCUT2D eigenvalue weighted by Crippen LogP contribution is -2.37. The molecule has 2 atom stereocenters. The molecule has 2 unspecified atom stereocenters. The maximum Gasteiger partial charge on any atom is 0.289 e. The molecular weight excluding hydrogens is 392 g/mol. The number of benzene rings is 1. The van der Waals surface area contributed by atoms with Crippen molar-refractivity contribution in [1.82, 2.24) is 30.5 Å². The summed E-state index contributed by atoms with van der Waals surface area (Å²) in [6.45, 7) is 0.394. The van der Waals surface area contributed by atoms with Crippen molar-refractivity contribution in [1.29, 1.82) is 0 Å². The fourth-order valence-corrected chi connectivity index (χ4v) is 3.92. The van der Waals surface area contributed by atoms with Gasteiger partial charge in [-0.15, -0.1) is 0 Å². The molecule has 4 aromatic rings. The fourth-order valence-electron chi connectivity index (χ4n) is 3.92. The average molecular weight is 414 g/mol. The molecule has 31 heavy (non-hydrogen) atoms. The van der Waals surface area contributed by atoms with Gasteiger partial charge in [-0.3, -0.25) is 14.9 Å². The van der Waals surface area contributed by atoms with Crippen LogP contribution in [0.5, 0.6) is 0 Å². The first-order valence-corrected chi connectivity index (χ1v) is 10.2. The summed E-state index contributed by atoms with van der Waals surface area (Å²) in [7, 11) is 1.66. The summed E-state index contributed by atoms with van der Waals surface area (Å²) in [5.74, 6) is 0.0860. The first kappa shape index (κ1) is 19.2. The third-order valence-corrected chi connectivity index (χ3v) is 5.59. The zero-order chi connectivity index (χ0) is 21.2. The van der Waals surface area contributed by atoms with E-state index in [0.29, 0.717) is 17.6 Å². The van der Waals surface area contributed by atoms with Crippen LogP contribution in [-0.2, 0) is 4.74 Å². The van der Waals surface area contributed by atoms with Crippen LogP contribution in [0.3, 0.4) is 0 Å². The van der Waals surface area contributed by atoms with Gasteiger partial charge in [-0.1, -0.05) is 24.3 Å². The van der Waals surface area contributed by atoms with Crippen molar-refractivity contribution in [2.45, 2.75) is 12.5 Å². The van der Waals surface area contributed by atoms with Crippen molar-refractivity contribution in [2.75, 3.05) is 13.7 Å². The number of H-pyrrole nitrogens is 2. The molecule has 1 aliphatic carbocycles. The number of carbonyl (C=O) groups is 1. The van der Waals surface area contributed by atoms with Gasteiger partial charge in [-0.25, -0.2) is 9.97 Å². The van der Waals surface area contributed by atoms with Crippen molar-refractivity contribution in [3.8, 4) is 11.3 Å². The van der Waals surface area contributed by atoms with E-state index in [4.69, 9.17) is 4.74 Å². The number of aromatic amines is 2. The summed E-state index contributed by atoms with van der Waals surface area (Å²) in [4.78, 5) is 25.7. The Morgan fingerprint density at radius 3 is 2.74 bits per heavy atom. The van der Waals surface area contributed by atoms with E-state index in [2.05, 4.69) is 42.6 Å². The second-order valence-corrected chi connectivity index (χ2v) is 7.49. The molecule has 0 fully saturated rings. The number of hydrogen-bond donors (Lipinski definition) is 3. The van der Waals surface area contributed by atoms with E-state index in [-0.39, 0.29) is 23.8 Å². The number of aromatic nitrogens is 5. The number of nitrogens with zero attached hydrogens (tertiary/aromatic N) is 3. The lowest BCUT2D eigenvalue weighted by Gasteiger charge is -2.23. The van der Waals surface area contributed by atoms with E-state index < -0.39 is 0 Å². The van der Waals surface area contributed by atoms with Crippen molar-refractivity contribution in [3.05, 3.63) is 66.8 Å². The van der Waals surface area contributed by atoms with Gasteiger partial charge in [0.25, 0.3) is 5.91 Å². The van der Waals surface area contributed by atoms with Crippen LogP contribution in [0.1, 0.15) is 17.0 Å². The molecule has 1 amide bonds. The predicted molar refractivity (Wildman–Crippen MR) is 118 cm³/mol. The second-order valence-electron chi connectivity index (χ2n) is 7.49. The third-order valence-electron chi connectivity index (χ3n) is 5.59. The Balaban J connectivity index is 1.37. The van der Waals surface area contributed by atoms with Gasteiger partial charge >= 0.3 is 0 Å². The van der Waals surface area contributed by atoms with E-state index >= 15 is 0 Å². The fraction of sp³-hybridized carbons (Fsp3) is 0.217. The Labute approximate surface area is 178 Å². The quantitative estimate of drug-likeness (QED) is 0.448. The van der Waals surface area contributed by atoms with Crippen LogP contribution in [0.2, 0.25) is 0 Å². The van der Waals surface area contributed by atoms with Gasteiger partial charge in [0.15, 0.2) is 0 Å². The molecule has 1 aliphatic rings. The van der Waals surface area contributed by atoms with Crippen LogP contribution in [0.25, 0.3) is 33.2 Å². The Morgan fingerprint density at radius 2 is 2.00 bits per heavy atom. The van der Waals surface area contributed by atoms with E-state index in [0.717, 1.165) is 28.6 Å². The highest BCUT2D eigenvalue weighted by atomic mass is 16.5. The Hall–Kier alpha value is -3.78. The van der Waals surface area contributed by atoms with Crippen LogP contribution in [0.15, 0.2) is 61.0 Å². The van der Waals surface area contributed by atoms with Gasteiger partial charge in [-0.05, 0) is 30.7 Å². The van der Waals surface area contributed by atoms with E-state index in [1.165, 1.54) is 0 Å². The summed E-state index contributed by atoms with van der Waals surface area (Å²) in [6, 6.07) is 7.70. The van der Waals surface area contributed by atoms with Crippen LogP contribution < -0.4 is 5.32 Å². The average Bonchev–Trinajstić information content (AvgIpc) is 3.42. The number of nitrogens with one attached hydrogen (secondary N) is 3. The van der Waals surface area contributed by atoms with E-state index in [9.17, 15) is 4.79 Å². The zero-order valence-corrected chi connectivity index (χ0v) is 17.0. The highest BCUT2D eigenvalue weighted by Gasteiger charge is 2.21. The molecule has 3 heterocycles. The number of pyridine rings is 1. The number of imidazole rings is 1. The third kappa shape index (κ3) is 3.73. The van der Waals surface area contributed by atoms with Gasteiger partial charge in [-0.2, -0.15) is 0 Å². The van der Waals surface area contributed by atoms with Crippen molar-refractivity contribution in [3.63, 3.8) is 0 Å². The minimum atomic E-state index is -0.307. The molecular formula is C23H22N6O2. The zero-order valence-electron chi connectivity index (χ0n) is 17.0. The summed E-state index contributed by atoms with van der Waals surface area (Å²) < 4.78 is 5.58. The normalized spacial score (nSPS) is 16.7. The van der Waals surface area contributed by atoms with Gasteiger partial charge in [0.05, 0.1) is 28.3 Å². The first-order valence-electron chi connectivity index (χ1n) is 10.2. The number of allylic oxidation sites excluding steroid dienone is 3. The Bertz CT molecular complexity index is 1290. The minimum absolute atomic E-state index is 0.105. The van der Waals surface area contributed by atoms with Crippen LogP contribution in [0, 0.1) is 5.92 Å². The molecule has 0 spiro atoms. The predicted octanol–water partition coefficient (Wildman–Crippen LogP) is 3.38. The van der Waals surface area contributed by atoms with Gasteiger partial charge in [0, 0.05) is 42.9 Å². The first-order chi connectivity index (χ1) is 15.2. The Kier molecular flexibility index (Phi) is 5.05. The topological polar surface area (TPSA) is 109 Å². The molecule has 156 valence electrons. The smallest absolute Gasteiger partial charge is 0.289 e. The number of amides is 1. The molecule has 0 bridgehead atoms. The van der Waals surface area contributed by atoms with Crippen LogP contribution in [0.4, 0.5) is 0 Å². The lowest BCUT2D eigenvalue weighted by molar-refractivity contribution is 0.0632. The molecule has 8 heteroatoms. The highest BCUT2D eigenvalue weighted by Crippen LogP contribution is 2.28. The van der Waals surface area contributed by atoms with Gasteiger partial charge in [0.1, 0.15) is 0 Å². The minimum Gasteiger partial charge on any atom is -0.379 e. The number of hydrogen-bond acceptors (Lipinski definition) is 5. The van der Waals surface area contributed by atoms with E-state index in [1.54, 1.807) is 19.5 Å². The summed E-state index contributed by atoms with van der Waals surface area (Å²) in [5.41, 5.74) is 4.17.